The van der Waals surface area contributed by atoms with Gasteiger partial charge in [-0.3, -0.25) is 9.88 Å². The molecule has 1 aliphatic carbocycles. The Bertz CT molecular complexity index is 686. The summed E-state index contributed by atoms with van der Waals surface area (Å²) < 4.78 is 5.82. The van der Waals surface area contributed by atoms with Crippen molar-refractivity contribution in [2.45, 2.75) is 44.8 Å². The molecule has 1 saturated carbocycles. The summed E-state index contributed by atoms with van der Waals surface area (Å²) in [4.78, 5) is 7.45. The van der Waals surface area contributed by atoms with Crippen LogP contribution in [0.25, 0.3) is 10.9 Å². The van der Waals surface area contributed by atoms with E-state index in [0.29, 0.717) is 11.5 Å². The van der Waals surface area contributed by atoms with Gasteiger partial charge in [-0.15, -0.1) is 0 Å². The zero-order valence-electron chi connectivity index (χ0n) is 14.0. The molecule has 2 fully saturated rings. The van der Waals surface area contributed by atoms with Gasteiger partial charge in [0.25, 0.3) is 0 Å². The number of piperidine rings is 1. The van der Waals surface area contributed by atoms with Crippen molar-refractivity contribution in [3.05, 3.63) is 42.1 Å². The number of methoxy groups -OCH3 is 1. The number of ether oxygens (including phenoxy) is 1. The van der Waals surface area contributed by atoms with Gasteiger partial charge in [-0.05, 0) is 44.4 Å². The van der Waals surface area contributed by atoms with Crippen LogP contribution < -0.4 is 0 Å². The number of fused-ring (bicyclic) bond motifs is 1. The van der Waals surface area contributed by atoms with Gasteiger partial charge in [0.15, 0.2) is 0 Å². The first-order chi connectivity index (χ1) is 11.3. The van der Waals surface area contributed by atoms with E-state index in [1.807, 2.05) is 7.11 Å². The van der Waals surface area contributed by atoms with Gasteiger partial charge in [0.05, 0.1) is 17.3 Å². The third-order valence-electron chi connectivity index (χ3n) is 5.84. The molecule has 0 unspecified atom stereocenters. The topological polar surface area (TPSA) is 25.4 Å². The molecule has 122 valence electrons. The lowest BCUT2D eigenvalue weighted by molar-refractivity contribution is -0.0368. The van der Waals surface area contributed by atoms with Crippen molar-refractivity contribution in [2.75, 3.05) is 20.2 Å². The molecule has 1 saturated heterocycles. The van der Waals surface area contributed by atoms with E-state index in [9.17, 15) is 0 Å². The van der Waals surface area contributed by atoms with Crippen LogP contribution >= 0.6 is 0 Å². The van der Waals surface area contributed by atoms with Crippen molar-refractivity contribution in [3.8, 4) is 0 Å². The zero-order valence-corrected chi connectivity index (χ0v) is 14.0. The molecule has 2 aliphatic rings. The van der Waals surface area contributed by atoms with Crippen LogP contribution in [0.4, 0.5) is 0 Å². The highest BCUT2D eigenvalue weighted by molar-refractivity contribution is 5.78. The molecule has 3 heteroatoms. The minimum Gasteiger partial charge on any atom is -0.381 e. The van der Waals surface area contributed by atoms with E-state index in [-0.39, 0.29) is 0 Å². The third-order valence-corrected chi connectivity index (χ3v) is 5.84. The largest absolute Gasteiger partial charge is 0.381 e. The molecular weight excluding hydrogens is 284 g/mol. The van der Waals surface area contributed by atoms with Gasteiger partial charge in [-0.25, -0.2) is 0 Å². The Morgan fingerprint density at radius 2 is 2.04 bits per heavy atom. The Kier molecular flexibility index (Phi) is 4.08. The second kappa shape index (κ2) is 6.21. The van der Waals surface area contributed by atoms with Gasteiger partial charge >= 0.3 is 0 Å². The number of benzene rings is 1. The van der Waals surface area contributed by atoms with Crippen molar-refractivity contribution >= 4 is 10.9 Å². The van der Waals surface area contributed by atoms with Crippen molar-refractivity contribution in [3.63, 3.8) is 0 Å². The highest BCUT2D eigenvalue weighted by Gasteiger charge is 2.45. The summed E-state index contributed by atoms with van der Waals surface area (Å²) in [6.07, 6.45) is 6.95. The minimum absolute atomic E-state index is 0.393. The smallest absolute Gasteiger partial charge is 0.0705 e. The Morgan fingerprint density at radius 3 is 2.96 bits per heavy atom. The molecule has 1 aromatic heterocycles. The van der Waals surface area contributed by atoms with E-state index in [1.165, 1.54) is 56.3 Å². The van der Waals surface area contributed by atoms with Gasteiger partial charge in [-0.2, -0.15) is 0 Å². The van der Waals surface area contributed by atoms with E-state index >= 15 is 0 Å². The Hall–Kier alpha value is -1.45. The van der Waals surface area contributed by atoms with E-state index in [0.717, 1.165) is 12.1 Å². The van der Waals surface area contributed by atoms with Crippen molar-refractivity contribution in [1.29, 1.82) is 0 Å². The number of hydrogen-bond acceptors (Lipinski definition) is 3. The molecule has 1 aromatic carbocycles. The van der Waals surface area contributed by atoms with Crippen LogP contribution in [-0.4, -0.2) is 36.2 Å². The van der Waals surface area contributed by atoms with E-state index in [4.69, 9.17) is 9.72 Å². The Balaban J connectivity index is 1.51. The van der Waals surface area contributed by atoms with E-state index in [2.05, 4.69) is 41.3 Å². The summed E-state index contributed by atoms with van der Waals surface area (Å²) in [6, 6.07) is 12.8. The number of nitrogens with zero attached hydrogens (tertiary/aromatic N) is 2. The number of pyridine rings is 1. The molecule has 2 heterocycles. The summed E-state index contributed by atoms with van der Waals surface area (Å²) >= 11 is 0. The maximum Gasteiger partial charge on any atom is 0.0705 e. The van der Waals surface area contributed by atoms with Crippen LogP contribution in [0.3, 0.4) is 0 Å². The maximum absolute atomic E-state index is 5.82. The third kappa shape index (κ3) is 2.88. The van der Waals surface area contributed by atoms with Crippen LogP contribution in [0, 0.1) is 5.41 Å². The molecule has 0 bridgehead atoms. The second-order valence-corrected chi connectivity index (χ2v) is 7.29. The standard InChI is InChI=1S/C20H26N2O/c1-23-19-8-4-11-20(19)12-5-13-22(15-20)14-17-10-9-16-6-2-3-7-18(16)21-17/h2-3,6-7,9-10,19H,4-5,8,11-15H2,1H3/t19-,20+/m1/s1. The van der Waals surface area contributed by atoms with Gasteiger partial charge in [-0.1, -0.05) is 30.7 Å². The van der Waals surface area contributed by atoms with E-state index in [1.54, 1.807) is 0 Å². The lowest BCUT2D eigenvalue weighted by atomic mass is 9.76. The molecule has 2 aromatic rings. The highest BCUT2D eigenvalue weighted by atomic mass is 16.5. The number of hydrogen-bond donors (Lipinski definition) is 0. The quantitative estimate of drug-likeness (QED) is 0.856. The first-order valence-corrected chi connectivity index (χ1v) is 8.89. The lowest BCUT2D eigenvalue weighted by Gasteiger charge is -2.43. The average molecular weight is 310 g/mol. The van der Waals surface area contributed by atoms with Crippen molar-refractivity contribution in [1.82, 2.24) is 9.88 Å². The number of aromatic nitrogens is 1. The molecule has 23 heavy (non-hydrogen) atoms. The highest BCUT2D eigenvalue weighted by Crippen LogP contribution is 2.46. The lowest BCUT2D eigenvalue weighted by Crippen LogP contribution is -2.47. The van der Waals surface area contributed by atoms with Crippen molar-refractivity contribution in [2.24, 2.45) is 5.41 Å². The maximum atomic E-state index is 5.82. The summed E-state index contributed by atoms with van der Waals surface area (Å²) in [5, 5.41) is 1.22. The van der Waals surface area contributed by atoms with Gasteiger partial charge in [0, 0.05) is 31.0 Å². The normalized spacial score (nSPS) is 28.7. The molecule has 0 radical (unpaired) electrons. The number of rotatable bonds is 3. The summed E-state index contributed by atoms with van der Waals surface area (Å²) in [5.74, 6) is 0. The SMILES string of the molecule is CO[C@@H]1CCC[C@@]12CCCN(Cc1ccc3ccccc3n1)C2. The zero-order chi connectivity index (χ0) is 15.7. The fourth-order valence-electron chi connectivity index (χ4n) is 4.76. The summed E-state index contributed by atoms with van der Waals surface area (Å²) in [6.45, 7) is 3.32. The molecule has 3 nitrogen and oxygen atoms in total. The summed E-state index contributed by atoms with van der Waals surface area (Å²) in [5.41, 5.74) is 2.68. The number of para-hydroxylation sites is 1. The second-order valence-electron chi connectivity index (χ2n) is 7.29. The predicted octanol–water partition coefficient (Wildman–Crippen LogP) is 4.02. The molecule has 0 amide bonds. The molecule has 0 N–H and O–H groups in total. The van der Waals surface area contributed by atoms with Gasteiger partial charge in [0.1, 0.15) is 0 Å². The van der Waals surface area contributed by atoms with E-state index < -0.39 is 0 Å². The average Bonchev–Trinajstić information content (AvgIpc) is 2.96. The fraction of sp³-hybridized carbons (Fsp3) is 0.550. The first kappa shape index (κ1) is 15.1. The van der Waals surface area contributed by atoms with Crippen LogP contribution in [-0.2, 0) is 11.3 Å². The molecule has 1 aliphatic heterocycles. The Morgan fingerprint density at radius 1 is 1.17 bits per heavy atom. The van der Waals surface area contributed by atoms with Crippen LogP contribution in [0.5, 0.6) is 0 Å². The Labute approximate surface area is 138 Å². The number of likely N-dealkylation sites (tertiary alicyclic amines) is 1. The van der Waals surface area contributed by atoms with Crippen LogP contribution in [0.2, 0.25) is 0 Å². The summed E-state index contributed by atoms with van der Waals surface area (Å²) in [7, 11) is 1.89. The van der Waals surface area contributed by atoms with Crippen molar-refractivity contribution < 1.29 is 4.74 Å². The monoisotopic (exact) mass is 310 g/mol. The first-order valence-electron chi connectivity index (χ1n) is 8.89. The fourth-order valence-corrected chi connectivity index (χ4v) is 4.76. The van der Waals surface area contributed by atoms with Crippen LogP contribution in [0.1, 0.15) is 37.8 Å². The predicted molar refractivity (Wildman–Crippen MR) is 93.3 cm³/mol. The molecule has 2 atom stereocenters. The van der Waals surface area contributed by atoms with Crippen LogP contribution in [0.15, 0.2) is 36.4 Å². The molecular formula is C20H26N2O. The van der Waals surface area contributed by atoms with Gasteiger partial charge in [0.2, 0.25) is 0 Å². The molecule has 4 rings (SSSR count). The minimum atomic E-state index is 0.393. The molecule has 1 spiro atoms. The van der Waals surface area contributed by atoms with Gasteiger partial charge < -0.3 is 4.74 Å².